The lowest BCUT2D eigenvalue weighted by Crippen LogP contribution is -2.41. The van der Waals surface area contributed by atoms with Crippen LogP contribution in [0.2, 0.25) is 15.1 Å². The molecule has 0 radical (unpaired) electrons. The molecule has 0 N–H and O–H groups in total. The van der Waals surface area contributed by atoms with Gasteiger partial charge in [-0.15, -0.1) is 0 Å². The van der Waals surface area contributed by atoms with E-state index in [-0.39, 0.29) is 22.2 Å². The average Bonchev–Trinajstić information content (AvgIpc) is 3.02. The Labute approximate surface area is 268 Å². The molecule has 0 amide bonds. The maximum absolute atomic E-state index is 14.1. The monoisotopic (exact) mass is 649 g/mol. The van der Waals surface area contributed by atoms with Crippen molar-refractivity contribution in [2.75, 3.05) is 10.9 Å². The number of rotatable bonds is 11. The number of sulfonamides is 1. The van der Waals surface area contributed by atoms with E-state index in [1.807, 2.05) is 97.9 Å². The van der Waals surface area contributed by atoms with Gasteiger partial charge in [0.2, 0.25) is 0 Å². The number of nitrogens with zero attached hydrogens (tertiary/aromatic N) is 1. The van der Waals surface area contributed by atoms with Crippen LogP contribution < -0.4 is 4.31 Å². The normalized spacial score (nSPS) is 12.6. The van der Waals surface area contributed by atoms with E-state index in [4.69, 9.17) is 39.5 Å². The second-order valence-electron chi connectivity index (χ2n) is 10.1. The largest absolute Gasteiger partial charge is 0.361 e. The Balaban J connectivity index is 1.54. The molecule has 5 aromatic carbocycles. The van der Waals surface area contributed by atoms with Crippen molar-refractivity contribution in [2.24, 2.45) is 0 Å². The van der Waals surface area contributed by atoms with Gasteiger partial charge in [-0.05, 0) is 72.5 Å². The van der Waals surface area contributed by atoms with E-state index in [0.717, 1.165) is 16.7 Å². The van der Waals surface area contributed by atoms with E-state index in [9.17, 15) is 8.42 Å². The Kier molecular flexibility index (Phi) is 9.80. The van der Waals surface area contributed by atoms with Gasteiger partial charge in [-0.25, -0.2) is 8.42 Å². The first-order chi connectivity index (χ1) is 20.7. The van der Waals surface area contributed by atoms with Crippen LogP contribution in [-0.4, -0.2) is 21.1 Å². The molecule has 0 saturated carbocycles. The third kappa shape index (κ3) is 6.62. The number of anilines is 1. The highest BCUT2D eigenvalue weighted by Gasteiger charge is 2.38. The van der Waals surface area contributed by atoms with Gasteiger partial charge in [-0.1, -0.05) is 126 Å². The summed E-state index contributed by atoms with van der Waals surface area (Å²) in [5, 5.41) is 1.07. The van der Waals surface area contributed by atoms with Crippen molar-refractivity contribution in [1.82, 2.24) is 0 Å². The zero-order valence-electron chi connectivity index (χ0n) is 23.4. The van der Waals surface area contributed by atoms with Crippen molar-refractivity contribution < 1.29 is 13.2 Å². The Hall–Kier alpha value is -3.32. The molecule has 0 saturated heterocycles. The first-order valence-corrected chi connectivity index (χ1v) is 16.4. The molecule has 0 aliphatic carbocycles. The highest BCUT2D eigenvalue weighted by atomic mass is 35.5. The minimum atomic E-state index is -4.06. The SMILES string of the molecule is C[C@H](CCOC(c1ccccc1)(c1ccccc1)c1ccccc1)N(c1cc(Cl)ccc1Cl)S(=O)(=O)c1ccc(Cl)cc1. The fourth-order valence-electron chi connectivity index (χ4n) is 5.25. The minimum Gasteiger partial charge on any atom is -0.361 e. The maximum Gasteiger partial charge on any atom is 0.264 e. The molecule has 1 atom stereocenters. The summed E-state index contributed by atoms with van der Waals surface area (Å²) in [6.45, 7) is 2.06. The standard InChI is InChI=1S/C35H30Cl3NO3S/c1-26(39(34-25-31(37)19-22-33(34)38)43(40,41)32-20-17-30(36)18-21-32)23-24-42-35(27-11-5-2-6-12-27,28-13-7-3-8-14-28)29-15-9-4-10-16-29/h2-22,25-26H,23-24H2,1H3/t26-/m1/s1. The van der Waals surface area contributed by atoms with Crippen LogP contribution in [-0.2, 0) is 20.4 Å². The molecule has 0 heterocycles. The Morgan fingerprint density at radius 3 is 1.63 bits per heavy atom. The second kappa shape index (κ2) is 13.5. The third-order valence-electron chi connectivity index (χ3n) is 7.31. The van der Waals surface area contributed by atoms with Crippen molar-refractivity contribution in [2.45, 2.75) is 29.9 Å². The molecule has 5 aromatic rings. The lowest BCUT2D eigenvalue weighted by Gasteiger charge is -2.37. The van der Waals surface area contributed by atoms with Crippen molar-refractivity contribution in [3.8, 4) is 0 Å². The Bertz CT molecular complexity index is 1650. The molecular weight excluding hydrogens is 621 g/mol. The second-order valence-corrected chi connectivity index (χ2v) is 13.2. The highest BCUT2D eigenvalue weighted by molar-refractivity contribution is 7.92. The smallest absolute Gasteiger partial charge is 0.264 e. The quantitative estimate of drug-likeness (QED) is 0.134. The van der Waals surface area contributed by atoms with Gasteiger partial charge in [0, 0.05) is 16.1 Å². The van der Waals surface area contributed by atoms with Crippen LogP contribution in [0.3, 0.4) is 0 Å². The van der Waals surface area contributed by atoms with Crippen LogP contribution in [0.1, 0.15) is 30.0 Å². The predicted molar refractivity (Wildman–Crippen MR) is 177 cm³/mol. The van der Waals surface area contributed by atoms with E-state index >= 15 is 0 Å². The van der Waals surface area contributed by atoms with Crippen molar-refractivity contribution in [3.63, 3.8) is 0 Å². The van der Waals surface area contributed by atoms with E-state index in [0.29, 0.717) is 16.5 Å². The van der Waals surface area contributed by atoms with Crippen LogP contribution in [0, 0.1) is 0 Å². The van der Waals surface area contributed by atoms with Gasteiger partial charge < -0.3 is 4.74 Å². The third-order valence-corrected chi connectivity index (χ3v) is 10.1. The first-order valence-electron chi connectivity index (χ1n) is 13.8. The molecule has 0 aromatic heterocycles. The van der Waals surface area contributed by atoms with Crippen molar-refractivity contribution in [3.05, 3.63) is 165 Å². The van der Waals surface area contributed by atoms with Gasteiger partial charge in [0.1, 0.15) is 5.60 Å². The molecule has 8 heteroatoms. The molecule has 220 valence electrons. The highest BCUT2D eigenvalue weighted by Crippen LogP contribution is 2.41. The summed E-state index contributed by atoms with van der Waals surface area (Å²) in [6.07, 6.45) is 0.351. The van der Waals surface area contributed by atoms with Crippen molar-refractivity contribution >= 4 is 50.5 Å². The average molecular weight is 651 g/mol. The lowest BCUT2D eigenvalue weighted by molar-refractivity contribution is 0.00993. The fourth-order valence-corrected chi connectivity index (χ4v) is 7.49. The van der Waals surface area contributed by atoms with Crippen LogP contribution in [0.4, 0.5) is 5.69 Å². The van der Waals surface area contributed by atoms with Gasteiger partial charge in [-0.3, -0.25) is 4.31 Å². The number of benzene rings is 5. The molecule has 43 heavy (non-hydrogen) atoms. The molecule has 0 aliphatic heterocycles. The molecule has 4 nitrogen and oxygen atoms in total. The van der Waals surface area contributed by atoms with Crippen molar-refractivity contribution in [1.29, 1.82) is 0 Å². The van der Waals surface area contributed by atoms with E-state index in [1.165, 1.54) is 16.4 Å². The molecular formula is C35H30Cl3NO3S. The summed E-state index contributed by atoms with van der Waals surface area (Å²) in [6, 6.07) is 40.4. The minimum absolute atomic E-state index is 0.0907. The van der Waals surface area contributed by atoms with Crippen LogP contribution in [0.5, 0.6) is 0 Å². The Morgan fingerprint density at radius 2 is 1.14 bits per heavy atom. The van der Waals surface area contributed by atoms with Crippen LogP contribution >= 0.6 is 34.8 Å². The van der Waals surface area contributed by atoms with Gasteiger partial charge in [0.15, 0.2) is 0 Å². The zero-order chi connectivity index (χ0) is 30.5. The topological polar surface area (TPSA) is 46.6 Å². The van der Waals surface area contributed by atoms with Crippen LogP contribution in [0.15, 0.2) is 138 Å². The molecule has 5 rings (SSSR count). The van der Waals surface area contributed by atoms with Gasteiger partial charge in [0.05, 0.1) is 22.2 Å². The number of hydrogen-bond acceptors (Lipinski definition) is 3. The molecule has 0 fully saturated rings. The maximum atomic E-state index is 14.1. The first kappa shape index (κ1) is 31.1. The summed E-state index contributed by atoms with van der Waals surface area (Å²) >= 11 is 19.0. The van der Waals surface area contributed by atoms with E-state index in [2.05, 4.69) is 0 Å². The molecule has 0 spiro atoms. The number of ether oxygens (including phenoxy) is 1. The fraction of sp³-hybridized carbons (Fsp3) is 0.143. The zero-order valence-corrected chi connectivity index (χ0v) is 26.5. The summed E-state index contributed by atoms with van der Waals surface area (Å²) in [7, 11) is -4.06. The van der Waals surface area contributed by atoms with E-state index < -0.39 is 21.7 Å². The number of halogens is 3. The van der Waals surface area contributed by atoms with Crippen LogP contribution in [0.25, 0.3) is 0 Å². The lowest BCUT2D eigenvalue weighted by atomic mass is 9.80. The predicted octanol–water partition coefficient (Wildman–Crippen LogP) is 9.63. The summed E-state index contributed by atoms with van der Waals surface area (Å²) < 4.78 is 36.5. The molecule has 0 aliphatic rings. The Morgan fingerprint density at radius 1 is 0.674 bits per heavy atom. The molecule has 0 bridgehead atoms. The molecule has 0 unspecified atom stereocenters. The van der Waals surface area contributed by atoms with Gasteiger partial charge in [0.25, 0.3) is 10.0 Å². The van der Waals surface area contributed by atoms with E-state index in [1.54, 1.807) is 30.3 Å². The number of hydrogen-bond donors (Lipinski definition) is 0. The summed E-state index contributed by atoms with van der Waals surface area (Å²) in [4.78, 5) is 0.0907. The summed E-state index contributed by atoms with van der Waals surface area (Å²) in [5.41, 5.74) is 2.24. The van der Waals surface area contributed by atoms with Gasteiger partial charge in [-0.2, -0.15) is 0 Å². The summed E-state index contributed by atoms with van der Waals surface area (Å²) in [5.74, 6) is 0. The van der Waals surface area contributed by atoms with Gasteiger partial charge >= 0.3 is 0 Å².